The van der Waals surface area contributed by atoms with E-state index in [0.717, 1.165) is 16.6 Å². The zero-order valence-corrected chi connectivity index (χ0v) is 7.35. The van der Waals surface area contributed by atoms with Gasteiger partial charge in [-0.25, -0.2) is 0 Å². The van der Waals surface area contributed by atoms with Crippen LogP contribution in [0.15, 0.2) is 10.7 Å². The minimum Gasteiger partial charge on any atom is -0.328 e. The fraction of sp³-hybridized carbons (Fsp3) is 0.500. The zero-order chi connectivity index (χ0) is 7.56. The van der Waals surface area contributed by atoms with Crippen molar-refractivity contribution >= 4 is 15.9 Å². The van der Waals surface area contributed by atoms with Gasteiger partial charge in [0.1, 0.15) is 0 Å². The standard InChI is InChI=1S/C6H10BrN3/c1-4(8)2-6-5(7)3-9-10-6/h3-4H,2,8H2,1H3,(H,9,10)/t4-/m1/s1. The third-order valence-electron chi connectivity index (χ3n) is 1.19. The number of nitrogens with two attached hydrogens (primary N) is 1. The Labute approximate surface area is 68.1 Å². The highest BCUT2D eigenvalue weighted by Gasteiger charge is 2.03. The number of rotatable bonds is 2. The fourth-order valence-corrected chi connectivity index (χ4v) is 1.12. The van der Waals surface area contributed by atoms with E-state index in [1.54, 1.807) is 6.20 Å². The molecule has 0 aliphatic carbocycles. The van der Waals surface area contributed by atoms with Crippen molar-refractivity contribution in [2.24, 2.45) is 5.73 Å². The Morgan fingerprint density at radius 1 is 1.90 bits per heavy atom. The van der Waals surface area contributed by atoms with Crippen molar-refractivity contribution in [3.8, 4) is 0 Å². The zero-order valence-electron chi connectivity index (χ0n) is 5.76. The molecule has 1 atom stereocenters. The lowest BCUT2D eigenvalue weighted by Gasteiger charge is -2.01. The van der Waals surface area contributed by atoms with E-state index >= 15 is 0 Å². The average molecular weight is 204 g/mol. The molecule has 0 fully saturated rings. The van der Waals surface area contributed by atoms with E-state index in [1.165, 1.54) is 0 Å². The topological polar surface area (TPSA) is 54.7 Å². The number of hydrogen-bond donors (Lipinski definition) is 2. The van der Waals surface area contributed by atoms with Crippen molar-refractivity contribution in [2.45, 2.75) is 19.4 Å². The van der Waals surface area contributed by atoms with Crippen LogP contribution in [-0.4, -0.2) is 16.2 Å². The summed E-state index contributed by atoms with van der Waals surface area (Å²) in [5, 5.41) is 6.71. The number of H-pyrrole nitrogens is 1. The van der Waals surface area contributed by atoms with Crippen molar-refractivity contribution in [1.82, 2.24) is 10.2 Å². The monoisotopic (exact) mass is 203 g/mol. The molecule has 0 unspecified atom stereocenters. The normalized spacial score (nSPS) is 13.5. The molecule has 0 aliphatic heterocycles. The summed E-state index contributed by atoms with van der Waals surface area (Å²) in [5.41, 5.74) is 6.65. The van der Waals surface area contributed by atoms with E-state index in [9.17, 15) is 0 Å². The second kappa shape index (κ2) is 3.16. The molecule has 3 N–H and O–H groups in total. The number of aromatic nitrogens is 2. The second-order valence-electron chi connectivity index (χ2n) is 2.38. The summed E-state index contributed by atoms with van der Waals surface area (Å²) < 4.78 is 1.00. The number of nitrogens with zero attached hydrogens (tertiary/aromatic N) is 1. The van der Waals surface area contributed by atoms with Gasteiger partial charge in [-0.1, -0.05) is 0 Å². The van der Waals surface area contributed by atoms with Crippen molar-refractivity contribution in [3.05, 3.63) is 16.4 Å². The Kier molecular flexibility index (Phi) is 2.45. The van der Waals surface area contributed by atoms with Crippen LogP contribution in [0.25, 0.3) is 0 Å². The van der Waals surface area contributed by atoms with Crippen LogP contribution < -0.4 is 5.73 Å². The van der Waals surface area contributed by atoms with Crippen LogP contribution in [0.5, 0.6) is 0 Å². The Hall–Kier alpha value is -0.350. The number of aromatic amines is 1. The summed E-state index contributed by atoms with van der Waals surface area (Å²) in [6.07, 6.45) is 2.57. The van der Waals surface area contributed by atoms with E-state index in [2.05, 4.69) is 26.1 Å². The Bertz CT molecular complexity index is 207. The molecule has 0 amide bonds. The van der Waals surface area contributed by atoms with E-state index in [0.29, 0.717) is 0 Å². The highest BCUT2D eigenvalue weighted by Crippen LogP contribution is 2.13. The number of nitrogens with one attached hydrogen (secondary N) is 1. The van der Waals surface area contributed by atoms with Gasteiger partial charge in [-0.15, -0.1) is 0 Å². The highest BCUT2D eigenvalue weighted by molar-refractivity contribution is 9.10. The lowest BCUT2D eigenvalue weighted by molar-refractivity contribution is 0.717. The van der Waals surface area contributed by atoms with Crippen LogP contribution in [0.1, 0.15) is 12.6 Å². The average Bonchev–Trinajstić information content (AvgIpc) is 2.15. The summed E-state index contributed by atoms with van der Waals surface area (Å²) >= 11 is 3.35. The SMILES string of the molecule is C[C@@H](N)Cc1[nH]ncc1Br. The van der Waals surface area contributed by atoms with Gasteiger partial charge in [0.25, 0.3) is 0 Å². The molecule has 0 radical (unpaired) electrons. The minimum absolute atomic E-state index is 0.178. The van der Waals surface area contributed by atoms with Crippen molar-refractivity contribution in [2.75, 3.05) is 0 Å². The van der Waals surface area contributed by atoms with E-state index < -0.39 is 0 Å². The highest BCUT2D eigenvalue weighted by atomic mass is 79.9. The van der Waals surface area contributed by atoms with Crippen LogP contribution in [0.4, 0.5) is 0 Å². The van der Waals surface area contributed by atoms with Crippen LogP contribution in [-0.2, 0) is 6.42 Å². The molecule has 1 rings (SSSR count). The van der Waals surface area contributed by atoms with Gasteiger partial charge >= 0.3 is 0 Å². The van der Waals surface area contributed by atoms with Crippen LogP contribution in [0, 0.1) is 0 Å². The molecule has 0 spiro atoms. The summed E-state index contributed by atoms with van der Waals surface area (Å²) in [6.45, 7) is 1.97. The summed E-state index contributed by atoms with van der Waals surface area (Å²) in [7, 11) is 0. The molecule has 0 bridgehead atoms. The van der Waals surface area contributed by atoms with Gasteiger partial charge in [0.05, 0.1) is 16.4 Å². The summed E-state index contributed by atoms with van der Waals surface area (Å²) in [5.74, 6) is 0. The number of hydrogen-bond acceptors (Lipinski definition) is 2. The maximum absolute atomic E-state index is 5.58. The first-order valence-electron chi connectivity index (χ1n) is 3.13. The van der Waals surface area contributed by atoms with Gasteiger partial charge in [-0.05, 0) is 22.9 Å². The van der Waals surface area contributed by atoms with E-state index in [-0.39, 0.29) is 6.04 Å². The van der Waals surface area contributed by atoms with Crippen molar-refractivity contribution in [1.29, 1.82) is 0 Å². The van der Waals surface area contributed by atoms with Gasteiger partial charge in [0.15, 0.2) is 0 Å². The minimum atomic E-state index is 0.178. The predicted molar refractivity (Wildman–Crippen MR) is 43.6 cm³/mol. The maximum atomic E-state index is 5.58. The van der Waals surface area contributed by atoms with Crippen LogP contribution in [0.2, 0.25) is 0 Å². The molecule has 1 aromatic heterocycles. The van der Waals surface area contributed by atoms with Crippen molar-refractivity contribution in [3.63, 3.8) is 0 Å². The second-order valence-corrected chi connectivity index (χ2v) is 3.23. The van der Waals surface area contributed by atoms with E-state index in [1.807, 2.05) is 6.92 Å². The third kappa shape index (κ3) is 1.82. The molecule has 1 aromatic rings. The Morgan fingerprint density at radius 2 is 2.60 bits per heavy atom. The molecule has 4 heteroatoms. The lowest BCUT2D eigenvalue weighted by atomic mass is 10.2. The van der Waals surface area contributed by atoms with Gasteiger partial charge in [0.2, 0.25) is 0 Å². The Balaban J connectivity index is 2.65. The van der Waals surface area contributed by atoms with Crippen molar-refractivity contribution < 1.29 is 0 Å². The van der Waals surface area contributed by atoms with Gasteiger partial charge in [0, 0.05) is 12.5 Å². The quantitative estimate of drug-likeness (QED) is 0.756. The maximum Gasteiger partial charge on any atom is 0.0632 e. The molecule has 1 heterocycles. The molecular weight excluding hydrogens is 194 g/mol. The molecule has 0 aliphatic rings. The van der Waals surface area contributed by atoms with Gasteiger partial charge in [-0.3, -0.25) is 5.10 Å². The largest absolute Gasteiger partial charge is 0.328 e. The van der Waals surface area contributed by atoms with Gasteiger partial charge < -0.3 is 5.73 Å². The first kappa shape index (κ1) is 7.75. The van der Waals surface area contributed by atoms with Gasteiger partial charge in [-0.2, -0.15) is 5.10 Å². The predicted octanol–water partition coefficient (Wildman–Crippen LogP) is 1.06. The summed E-state index contributed by atoms with van der Waals surface area (Å²) in [6, 6.07) is 0.178. The van der Waals surface area contributed by atoms with E-state index in [4.69, 9.17) is 5.73 Å². The number of halogens is 1. The van der Waals surface area contributed by atoms with Crippen LogP contribution >= 0.6 is 15.9 Å². The Morgan fingerprint density at radius 3 is 3.00 bits per heavy atom. The fourth-order valence-electron chi connectivity index (χ4n) is 0.763. The van der Waals surface area contributed by atoms with Crippen LogP contribution in [0.3, 0.4) is 0 Å². The molecule has 56 valence electrons. The first-order chi connectivity index (χ1) is 4.70. The summed E-state index contributed by atoms with van der Waals surface area (Å²) in [4.78, 5) is 0. The molecular formula is C6H10BrN3. The molecule has 10 heavy (non-hydrogen) atoms. The molecule has 0 saturated carbocycles. The third-order valence-corrected chi connectivity index (χ3v) is 1.88. The molecule has 0 aromatic carbocycles. The molecule has 0 saturated heterocycles. The smallest absolute Gasteiger partial charge is 0.0632 e. The first-order valence-corrected chi connectivity index (χ1v) is 3.92. The molecule has 3 nitrogen and oxygen atoms in total. The lowest BCUT2D eigenvalue weighted by Crippen LogP contribution is -2.18.